The van der Waals surface area contributed by atoms with Gasteiger partial charge < -0.3 is 4.74 Å². The molecule has 0 amide bonds. The maximum Gasteiger partial charge on any atom is 0.119 e. The van der Waals surface area contributed by atoms with Crippen LogP contribution in [0.3, 0.4) is 0 Å². The molecule has 0 aliphatic rings. The molecule has 0 aliphatic carbocycles. The smallest absolute Gasteiger partial charge is 0.119 e. The van der Waals surface area contributed by atoms with Crippen molar-refractivity contribution in [1.29, 1.82) is 0 Å². The van der Waals surface area contributed by atoms with Crippen LogP contribution >= 0.6 is 34.8 Å². The Morgan fingerprint density at radius 2 is 1.65 bits per heavy atom. The number of hydrogen-bond donors (Lipinski definition) is 0. The number of halogens is 3. The van der Waals surface area contributed by atoms with Crippen molar-refractivity contribution in [2.45, 2.75) is 13.3 Å². The first kappa shape index (κ1) is 15.5. The van der Waals surface area contributed by atoms with Crippen LogP contribution in [0.25, 0.3) is 0 Å². The van der Waals surface area contributed by atoms with Gasteiger partial charge in [0.15, 0.2) is 0 Å². The average molecular weight is 330 g/mol. The molecule has 20 heavy (non-hydrogen) atoms. The summed E-state index contributed by atoms with van der Waals surface area (Å²) >= 11 is 17.7. The fourth-order valence-corrected chi connectivity index (χ4v) is 2.34. The molecule has 0 saturated carbocycles. The predicted octanol–water partition coefficient (Wildman–Crippen LogP) is 5.90. The van der Waals surface area contributed by atoms with Gasteiger partial charge >= 0.3 is 0 Å². The molecule has 1 nitrogen and oxygen atoms in total. The summed E-state index contributed by atoms with van der Waals surface area (Å²) in [5, 5.41) is 1.89. The lowest BCUT2D eigenvalue weighted by atomic mass is 10.0. The molecule has 0 N–H and O–H groups in total. The zero-order valence-electron chi connectivity index (χ0n) is 11.1. The van der Waals surface area contributed by atoms with E-state index in [-0.39, 0.29) is 0 Å². The third-order valence-corrected chi connectivity index (χ3v) is 3.91. The fraction of sp³-hybridized carbons (Fsp3) is 0.250. The van der Waals surface area contributed by atoms with Gasteiger partial charge in [0, 0.05) is 5.02 Å². The zero-order valence-corrected chi connectivity index (χ0v) is 13.3. The molecule has 0 radical (unpaired) electrons. The zero-order chi connectivity index (χ0) is 14.5. The van der Waals surface area contributed by atoms with Gasteiger partial charge in [-0.2, -0.15) is 0 Å². The van der Waals surface area contributed by atoms with Gasteiger partial charge in [-0.1, -0.05) is 47.8 Å². The van der Waals surface area contributed by atoms with Crippen LogP contribution in [0.5, 0.6) is 5.75 Å². The highest BCUT2D eigenvalue weighted by Crippen LogP contribution is 2.24. The molecule has 0 aliphatic heterocycles. The standard InChI is InChI=1S/C16H15Cl3O/c1-11(8-12-2-7-15(18)16(19)9-12)10-20-14-5-3-13(17)4-6-14/h2-7,9,11H,8,10H2,1H3/t11-/m1/s1. The summed E-state index contributed by atoms with van der Waals surface area (Å²) in [6.07, 6.45) is 0.893. The highest BCUT2D eigenvalue weighted by molar-refractivity contribution is 6.42. The summed E-state index contributed by atoms with van der Waals surface area (Å²) in [4.78, 5) is 0. The molecule has 1 atom stereocenters. The van der Waals surface area contributed by atoms with Crippen LogP contribution in [0, 0.1) is 5.92 Å². The Bertz CT molecular complexity index is 566. The monoisotopic (exact) mass is 328 g/mol. The van der Waals surface area contributed by atoms with Crippen molar-refractivity contribution in [2.75, 3.05) is 6.61 Å². The predicted molar refractivity (Wildman–Crippen MR) is 86.3 cm³/mol. The summed E-state index contributed by atoms with van der Waals surface area (Å²) in [6.45, 7) is 2.78. The van der Waals surface area contributed by atoms with Gasteiger partial charge in [0.25, 0.3) is 0 Å². The molecule has 0 aromatic heterocycles. The molecule has 0 bridgehead atoms. The molecule has 0 saturated heterocycles. The Morgan fingerprint density at radius 1 is 0.950 bits per heavy atom. The molecule has 0 unspecified atom stereocenters. The van der Waals surface area contributed by atoms with E-state index in [4.69, 9.17) is 39.5 Å². The van der Waals surface area contributed by atoms with Gasteiger partial charge in [-0.15, -0.1) is 0 Å². The van der Waals surface area contributed by atoms with Gasteiger partial charge in [0.05, 0.1) is 16.7 Å². The minimum absolute atomic E-state index is 0.378. The lowest BCUT2D eigenvalue weighted by molar-refractivity contribution is 0.259. The van der Waals surface area contributed by atoms with Crippen molar-refractivity contribution in [3.05, 3.63) is 63.1 Å². The molecule has 0 spiro atoms. The van der Waals surface area contributed by atoms with Gasteiger partial charge in [0.1, 0.15) is 5.75 Å². The second-order valence-electron chi connectivity index (χ2n) is 4.82. The van der Waals surface area contributed by atoms with Crippen molar-refractivity contribution < 1.29 is 4.74 Å². The highest BCUT2D eigenvalue weighted by Gasteiger charge is 2.07. The van der Waals surface area contributed by atoms with Crippen molar-refractivity contribution in [2.24, 2.45) is 5.92 Å². The van der Waals surface area contributed by atoms with E-state index in [9.17, 15) is 0 Å². The van der Waals surface area contributed by atoms with Crippen LogP contribution in [0.2, 0.25) is 15.1 Å². The Hall–Kier alpha value is -0.890. The Labute approximate surface area is 134 Å². The molecule has 4 heteroatoms. The largest absolute Gasteiger partial charge is 0.493 e. The van der Waals surface area contributed by atoms with Crippen molar-refractivity contribution in [3.8, 4) is 5.75 Å². The van der Waals surface area contributed by atoms with Crippen LogP contribution in [0.1, 0.15) is 12.5 Å². The van der Waals surface area contributed by atoms with Gasteiger partial charge in [0.2, 0.25) is 0 Å². The second kappa shape index (κ2) is 7.21. The van der Waals surface area contributed by atoms with Crippen molar-refractivity contribution in [1.82, 2.24) is 0 Å². The molecular formula is C16H15Cl3O. The quantitative estimate of drug-likeness (QED) is 0.663. The van der Waals surface area contributed by atoms with E-state index >= 15 is 0 Å². The number of rotatable bonds is 5. The first-order chi connectivity index (χ1) is 9.54. The Balaban J connectivity index is 1.87. The van der Waals surface area contributed by atoms with E-state index in [1.807, 2.05) is 42.5 Å². The topological polar surface area (TPSA) is 9.23 Å². The third kappa shape index (κ3) is 4.59. The molecule has 2 aromatic rings. The van der Waals surface area contributed by atoms with E-state index in [0.717, 1.165) is 17.7 Å². The van der Waals surface area contributed by atoms with E-state index in [1.165, 1.54) is 0 Å². The van der Waals surface area contributed by atoms with Crippen molar-refractivity contribution in [3.63, 3.8) is 0 Å². The van der Waals surface area contributed by atoms with Gasteiger partial charge in [-0.3, -0.25) is 0 Å². The second-order valence-corrected chi connectivity index (χ2v) is 6.07. The SMILES string of the molecule is C[C@@H](COc1ccc(Cl)cc1)Cc1ccc(Cl)c(Cl)c1. The first-order valence-electron chi connectivity index (χ1n) is 6.37. The number of benzene rings is 2. The Kier molecular flexibility index (Phi) is 5.59. The molecule has 2 rings (SSSR count). The maximum absolute atomic E-state index is 6.01. The average Bonchev–Trinajstić information content (AvgIpc) is 2.42. The van der Waals surface area contributed by atoms with Crippen LogP contribution in [-0.2, 0) is 6.42 Å². The van der Waals surface area contributed by atoms with Crippen LogP contribution in [-0.4, -0.2) is 6.61 Å². The molecule has 0 fully saturated rings. The van der Waals surface area contributed by atoms with Crippen LogP contribution < -0.4 is 4.74 Å². The van der Waals surface area contributed by atoms with Gasteiger partial charge in [-0.05, 0) is 54.3 Å². The van der Waals surface area contributed by atoms with Gasteiger partial charge in [-0.25, -0.2) is 0 Å². The summed E-state index contributed by atoms with van der Waals surface area (Å²) in [7, 11) is 0. The minimum atomic E-state index is 0.378. The van der Waals surface area contributed by atoms with E-state index < -0.39 is 0 Å². The summed E-state index contributed by atoms with van der Waals surface area (Å²) < 4.78 is 5.73. The summed E-state index contributed by atoms with van der Waals surface area (Å²) in [5.41, 5.74) is 1.16. The van der Waals surface area contributed by atoms with Crippen LogP contribution in [0.4, 0.5) is 0 Å². The Morgan fingerprint density at radius 3 is 2.30 bits per heavy atom. The third-order valence-electron chi connectivity index (χ3n) is 2.92. The lowest BCUT2D eigenvalue weighted by Crippen LogP contribution is -2.11. The fourth-order valence-electron chi connectivity index (χ4n) is 1.90. The van der Waals surface area contributed by atoms with Crippen LogP contribution in [0.15, 0.2) is 42.5 Å². The highest BCUT2D eigenvalue weighted by atomic mass is 35.5. The molecule has 106 valence electrons. The lowest BCUT2D eigenvalue weighted by Gasteiger charge is -2.13. The van der Waals surface area contributed by atoms with E-state index in [2.05, 4.69) is 6.92 Å². The summed E-state index contributed by atoms with van der Waals surface area (Å²) in [6, 6.07) is 13.1. The van der Waals surface area contributed by atoms with E-state index in [0.29, 0.717) is 27.6 Å². The van der Waals surface area contributed by atoms with E-state index in [1.54, 1.807) is 0 Å². The normalized spacial score (nSPS) is 12.2. The molecule has 2 aromatic carbocycles. The summed E-state index contributed by atoms with van der Waals surface area (Å²) in [5.74, 6) is 1.21. The van der Waals surface area contributed by atoms with Crippen molar-refractivity contribution >= 4 is 34.8 Å². The number of hydrogen-bond acceptors (Lipinski definition) is 1. The number of ether oxygens (including phenoxy) is 1. The first-order valence-corrected chi connectivity index (χ1v) is 7.50. The minimum Gasteiger partial charge on any atom is -0.493 e. The molecule has 0 heterocycles. The molecular weight excluding hydrogens is 315 g/mol. The maximum atomic E-state index is 6.01.